The van der Waals surface area contributed by atoms with Crippen molar-refractivity contribution in [3.8, 4) is 0 Å². The molecule has 0 aliphatic carbocycles. The molecular formula is C7H6ClF2NO3S2. The van der Waals surface area contributed by atoms with E-state index in [0.717, 1.165) is 18.4 Å². The first-order valence-electron chi connectivity index (χ1n) is 3.75. The van der Waals surface area contributed by atoms with Crippen LogP contribution in [-0.2, 0) is 19.0 Å². The summed E-state index contributed by atoms with van der Waals surface area (Å²) in [4.78, 5) is -0.642. The fourth-order valence-corrected chi connectivity index (χ4v) is 4.39. The normalized spacial score (nSPS) is 15.5. The molecule has 0 saturated carbocycles. The van der Waals surface area contributed by atoms with Crippen molar-refractivity contribution >= 4 is 29.6 Å². The van der Waals surface area contributed by atoms with Gasteiger partial charge in [0.25, 0.3) is 0 Å². The van der Waals surface area contributed by atoms with Crippen LogP contribution in [0.2, 0.25) is 0 Å². The quantitative estimate of drug-likeness (QED) is 0.781. The van der Waals surface area contributed by atoms with Gasteiger partial charge < -0.3 is 0 Å². The van der Waals surface area contributed by atoms with Gasteiger partial charge in [-0.2, -0.15) is 8.42 Å². The molecule has 0 amide bonds. The SMILES string of the molecule is C[S@](=O)(=NS(=O)(=O)Cl)c1cc(F)ccc1F. The van der Waals surface area contributed by atoms with E-state index in [-0.39, 0.29) is 0 Å². The number of hydrogen-bond donors (Lipinski definition) is 0. The van der Waals surface area contributed by atoms with E-state index in [2.05, 4.69) is 3.77 Å². The zero-order valence-corrected chi connectivity index (χ0v) is 10.2. The lowest BCUT2D eigenvalue weighted by Gasteiger charge is -2.04. The molecule has 0 heterocycles. The predicted molar refractivity (Wildman–Crippen MR) is 55.9 cm³/mol. The van der Waals surface area contributed by atoms with Crippen molar-refractivity contribution in [1.82, 2.24) is 0 Å². The molecule has 0 saturated heterocycles. The van der Waals surface area contributed by atoms with E-state index in [1.807, 2.05) is 0 Å². The van der Waals surface area contributed by atoms with Crippen LogP contribution in [0.5, 0.6) is 0 Å². The van der Waals surface area contributed by atoms with Crippen molar-refractivity contribution in [2.24, 2.45) is 3.77 Å². The number of halogens is 3. The molecule has 9 heteroatoms. The lowest BCUT2D eigenvalue weighted by atomic mass is 10.3. The molecule has 0 unspecified atom stereocenters. The highest BCUT2D eigenvalue weighted by Crippen LogP contribution is 2.19. The largest absolute Gasteiger partial charge is 0.347 e. The number of nitrogens with zero attached hydrogens (tertiary/aromatic N) is 1. The van der Waals surface area contributed by atoms with E-state index in [4.69, 9.17) is 10.7 Å². The molecule has 1 aromatic carbocycles. The third-order valence-corrected chi connectivity index (χ3v) is 5.02. The summed E-state index contributed by atoms with van der Waals surface area (Å²) in [7, 11) is -3.29. The first-order chi connectivity index (χ1) is 7.12. The van der Waals surface area contributed by atoms with Crippen LogP contribution >= 0.6 is 10.7 Å². The molecule has 16 heavy (non-hydrogen) atoms. The molecular weight excluding hydrogens is 284 g/mol. The second-order valence-electron chi connectivity index (χ2n) is 2.86. The Kier molecular flexibility index (Phi) is 3.56. The van der Waals surface area contributed by atoms with Gasteiger partial charge in [-0.1, -0.05) is 3.77 Å². The highest BCUT2D eigenvalue weighted by atomic mass is 35.7. The summed E-state index contributed by atoms with van der Waals surface area (Å²) in [5.74, 6) is -1.87. The van der Waals surface area contributed by atoms with Gasteiger partial charge in [0.1, 0.15) is 11.6 Å². The van der Waals surface area contributed by atoms with E-state index < -0.39 is 35.5 Å². The molecule has 0 aliphatic rings. The molecule has 0 aliphatic heterocycles. The first-order valence-corrected chi connectivity index (χ1v) is 7.94. The maximum atomic E-state index is 13.2. The molecule has 1 aromatic rings. The van der Waals surface area contributed by atoms with Crippen molar-refractivity contribution < 1.29 is 21.4 Å². The Morgan fingerprint density at radius 1 is 1.25 bits per heavy atom. The van der Waals surface area contributed by atoms with Gasteiger partial charge in [0.05, 0.1) is 14.6 Å². The summed E-state index contributed by atoms with van der Waals surface area (Å²) in [5.41, 5.74) is 0. The van der Waals surface area contributed by atoms with Gasteiger partial charge in [-0.15, -0.1) is 0 Å². The summed E-state index contributed by atoms with van der Waals surface area (Å²) >= 11 is 0. The third-order valence-electron chi connectivity index (χ3n) is 1.53. The van der Waals surface area contributed by atoms with Gasteiger partial charge in [0, 0.05) is 16.9 Å². The Morgan fingerprint density at radius 2 is 1.81 bits per heavy atom. The Labute approximate surface area is 96.0 Å². The molecule has 0 spiro atoms. The molecule has 1 atom stereocenters. The van der Waals surface area contributed by atoms with Gasteiger partial charge in [-0.3, -0.25) is 0 Å². The van der Waals surface area contributed by atoms with E-state index in [9.17, 15) is 21.4 Å². The van der Waals surface area contributed by atoms with E-state index >= 15 is 0 Å². The Balaban J connectivity index is 3.57. The topological polar surface area (TPSA) is 63.6 Å². The standard InChI is InChI=1S/C7H6ClF2NO3S2/c1-15(12,11-16(8,13)14)7-4-5(9)2-3-6(7)10/h2-4H,1H3/t15-/m1/s1. The predicted octanol–water partition coefficient (Wildman–Crippen LogP) is 1.91. The van der Waals surface area contributed by atoms with Gasteiger partial charge in [-0.25, -0.2) is 13.0 Å². The smallest absolute Gasteiger partial charge is 0.244 e. The molecule has 0 aromatic heterocycles. The molecule has 0 fully saturated rings. The fraction of sp³-hybridized carbons (Fsp3) is 0.143. The van der Waals surface area contributed by atoms with Crippen LogP contribution in [-0.4, -0.2) is 18.9 Å². The van der Waals surface area contributed by atoms with Gasteiger partial charge in [0.15, 0.2) is 0 Å². The van der Waals surface area contributed by atoms with E-state index in [1.54, 1.807) is 0 Å². The first kappa shape index (κ1) is 13.3. The van der Waals surface area contributed by atoms with Crippen molar-refractivity contribution in [1.29, 1.82) is 0 Å². The van der Waals surface area contributed by atoms with Crippen molar-refractivity contribution in [3.63, 3.8) is 0 Å². The fourth-order valence-electron chi connectivity index (χ4n) is 0.977. The molecule has 0 bridgehead atoms. The monoisotopic (exact) mass is 289 g/mol. The maximum Gasteiger partial charge on any atom is 0.347 e. The number of rotatable bonds is 2. The summed E-state index contributed by atoms with van der Waals surface area (Å²) in [6.07, 6.45) is 0.852. The molecule has 4 nitrogen and oxygen atoms in total. The lowest BCUT2D eigenvalue weighted by Crippen LogP contribution is -2.03. The highest BCUT2D eigenvalue weighted by Gasteiger charge is 2.16. The molecule has 1 rings (SSSR count). The molecule has 0 radical (unpaired) electrons. The average molecular weight is 290 g/mol. The third kappa shape index (κ3) is 3.39. The Morgan fingerprint density at radius 3 is 2.31 bits per heavy atom. The average Bonchev–Trinajstić information content (AvgIpc) is 2.04. The van der Waals surface area contributed by atoms with E-state index in [1.165, 1.54) is 0 Å². The van der Waals surface area contributed by atoms with E-state index in [0.29, 0.717) is 6.07 Å². The lowest BCUT2D eigenvalue weighted by molar-refractivity contribution is 0.571. The second-order valence-corrected chi connectivity index (χ2v) is 7.50. The Bertz CT molecular complexity index is 635. The highest BCUT2D eigenvalue weighted by molar-refractivity contribution is 8.17. The molecule has 0 N–H and O–H groups in total. The second kappa shape index (κ2) is 4.27. The number of hydrogen-bond acceptors (Lipinski definition) is 3. The minimum absolute atomic E-state index is 0.614. The summed E-state index contributed by atoms with van der Waals surface area (Å²) in [5, 5.41) is 0. The van der Waals surface area contributed by atoms with Crippen LogP contribution in [0.4, 0.5) is 8.78 Å². The minimum Gasteiger partial charge on any atom is -0.244 e. The zero-order valence-electron chi connectivity index (χ0n) is 7.85. The minimum atomic E-state index is -4.43. The zero-order chi connectivity index (χ0) is 12.6. The van der Waals surface area contributed by atoms with Crippen LogP contribution in [0.1, 0.15) is 0 Å². The van der Waals surface area contributed by atoms with Gasteiger partial charge in [-0.05, 0) is 18.2 Å². The summed E-state index contributed by atoms with van der Waals surface area (Å²) < 4.78 is 61.7. The van der Waals surface area contributed by atoms with Gasteiger partial charge in [0.2, 0.25) is 0 Å². The van der Waals surface area contributed by atoms with Gasteiger partial charge >= 0.3 is 9.24 Å². The maximum absolute atomic E-state index is 13.2. The summed E-state index contributed by atoms with van der Waals surface area (Å²) in [6.45, 7) is 0. The van der Waals surface area contributed by atoms with Crippen molar-refractivity contribution in [2.75, 3.05) is 6.26 Å². The van der Waals surface area contributed by atoms with Crippen LogP contribution in [0.25, 0.3) is 0 Å². The number of benzene rings is 1. The van der Waals surface area contributed by atoms with Crippen molar-refractivity contribution in [2.45, 2.75) is 4.90 Å². The summed E-state index contributed by atoms with van der Waals surface area (Å²) in [6, 6.07) is 2.15. The van der Waals surface area contributed by atoms with Crippen LogP contribution in [0.3, 0.4) is 0 Å². The molecule has 90 valence electrons. The van der Waals surface area contributed by atoms with Crippen LogP contribution in [0, 0.1) is 11.6 Å². The van der Waals surface area contributed by atoms with Crippen LogP contribution < -0.4 is 0 Å². The van der Waals surface area contributed by atoms with Crippen molar-refractivity contribution in [3.05, 3.63) is 29.8 Å². The van der Waals surface area contributed by atoms with Crippen LogP contribution in [0.15, 0.2) is 26.9 Å². The Hall–Kier alpha value is -0.730.